The Labute approximate surface area is 93.9 Å². The third-order valence-corrected chi connectivity index (χ3v) is 3.42. The normalized spacial score (nSPS) is 17.6. The molecule has 0 heterocycles. The number of rotatable bonds is 7. The molecule has 0 spiro atoms. The monoisotopic (exact) mass is 208 g/mol. The number of unbranched alkanes of at least 4 members (excludes halogenated alkanes) is 1. The van der Waals surface area contributed by atoms with Crippen LogP contribution in [0.3, 0.4) is 0 Å². The summed E-state index contributed by atoms with van der Waals surface area (Å²) in [6, 6.07) is 0. The summed E-state index contributed by atoms with van der Waals surface area (Å²) in [6.07, 6.45) is 13.5. The molecule has 86 valence electrons. The molecule has 1 aliphatic rings. The second-order valence-corrected chi connectivity index (χ2v) is 4.76. The summed E-state index contributed by atoms with van der Waals surface area (Å²) in [5, 5.41) is 0. The zero-order valence-corrected chi connectivity index (χ0v) is 9.84. The van der Waals surface area contributed by atoms with Gasteiger partial charge >= 0.3 is 0 Å². The Bertz CT molecular complexity index is 190. The van der Waals surface area contributed by atoms with Crippen molar-refractivity contribution >= 4 is 5.78 Å². The lowest BCUT2D eigenvalue weighted by molar-refractivity contribution is -0.119. The molecule has 0 aromatic carbocycles. The topological polar surface area (TPSA) is 17.1 Å². The number of allylic oxidation sites excluding steroid dienone is 1. The summed E-state index contributed by atoms with van der Waals surface area (Å²) in [4.78, 5) is 11.5. The van der Waals surface area contributed by atoms with Crippen LogP contribution in [0.15, 0.2) is 12.7 Å². The first kappa shape index (κ1) is 12.5. The van der Waals surface area contributed by atoms with Crippen LogP contribution in [0.4, 0.5) is 0 Å². The van der Waals surface area contributed by atoms with Crippen molar-refractivity contribution in [3.8, 4) is 0 Å². The predicted molar refractivity (Wildman–Crippen MR) is 64.9 cm³/mol. The lowest BCUT2D eigenvalue weighted by Gasteiger charge is -2.20. The van der Waals surface area contributed by atoms with Crippen LogP contribution in [0.5, 0.6) is 0 Å². The van der Waals surface area contributed by atoms with Gasteiger partial charge in [-0.3, -0.25) is 4.79 Å². The van der Waals surface area contributed by atoms with Gasteiger partial charge in [0.25, 0.3) is 0 Å². The molecule has 0 atom stereocenters. The molecule has 0 N–H and O–H groups in total. The number of hydrogen-bond donors (Lipinski definition) is 0. The van der Waals surface area contributed by atoms with Crippen LogP contribution in [0.1, 0.15) is 64.2 Å². The zero-order chi connectivity index (χ0) is 10.9. The van der Waals surface area contributed by atoms with Gasteiger partial charge in [-0.2, -0.15) is 0 Å². The Morgan fingerprint density at radius 3 is 2.60 bits per heavy atom. The van der Waals surface area contributed by atoms with Crippen molar-refractivity contribution in [2.45, 2.75) is 64.2 Å². The Hall–Kier alpha value is -0.590. The van der Waals surface area contributed by atoms with E-state index in [4.69, 9.17) is 0 Å². The number of Topliss-reactive ketones (excluding diaryl/α,β-unsaturated/α-hetero) is 1. The third-order valence-electron chi connectivity index (χ3n) is 3.42. The van der Waals surface area contributed by atoms with Gasteiger partial charge in [-0.25, -0.2) is 0 Å². The molecule has 0 radical (unpaired) electrons. The van der Waals surface area contributed by atoms with E-state index >= 15 is 0 Å². The van der Waals surface area contributed by atoms with Gasteiger partial charge in [0.15, 0.2) is 0 Å². The van der Waals surface area contributed by atoms with Gasteiger partial charge < -0.3 is 0 Å². The van der Waals surface area contributed by atoms with Gasteiger partial charge in [-0.15, -0.1) is 6.58 Å². The van der Waals surface area contributed by atoms with E-state index in [-0.39, 0.29) is 0 Å². The fourth-order valence-electron chi connectivity index (χ4n) is 2.41. The first-order valence-electron chi connectivity index (χ1n) is 6.45. The lowest BCUT2D eigenvalue weighted by atomic mass is 9.85. The average Bonchev–Trinajstić information content (AvgIpc) is 2.28. The summed E-state index contributed by atoms with van der Waals surface area (Å²) < 4.78 is 0. The largest absolute Gasteiger partial charge is 0.300 e. The molecule has 15 heavy (non-hydrogen) atoms. The number of carbonyl (C=O) groups is 1. The van der Waals surface area contributed by atoms with Gasteiger partial charge in [0.05, 0.1) is 0 Å². The molecule has 1 heteroatoms. The molecule has 1 aliphatic carbocycles. The molecular formula is C14H24O. The summed E-state index contributed by atoms with van der Waals surface area (Å²) >= 11 is 0. The SMILES string of the molecule is C=CCCCC(=O)CCC1CCCCC1. The maximum atomic E-state index is 11.5. The molecule has 0 amide bonds. The third kappa shape index (κ3) is 5.76. The molecule has 0 unspecified atom stereocenters. The first-order chi connectivity index (χ1) is 7.33. The minimum Gasteiger partial charge on any atom is -0.300 e. The second kappa shape index (κ2) is 7.67. The quantitative estimate of drug-likeness (QED) is 0.451. The zero-order valence-electron chi connectivity index (χ0n) is 9.84. The van der Waals surface area contributed by atoms with Crippen LogP contribution >= 0.6 is 0 Å². The Morgan fingerprint density at radius 2 is 1.93 bits per heavy atom. The van der Waals surface area contributed by atoms with Crippen LogP contribution in [-0.4, -0.2) is 5.78 Å². The molecule has 1 fully saturated rings. The number of ketones is 1. The predicted octanol–water partition coefficient (Wildman–Crippen LogP) is 4.27. The highest BCUT2D eigenvalue weighted by molar-refractivity contribution is 5.78. The number of carbonyl (C=O) groups excluding carboxylic acids is 1. The molecule has 1 saturated carbocycles. The molecule has 0 aromatic heterocycles. The van der Waals surface area contributed by atoms with Gasteiger partial charge in [-0.1, -0.05) is 38.2 Å². The van der Waals surface area contributed by atoms with Crippen molar-refractivity contribution in [2.75, 3.05) is 0 Å². The van der Waals surface area contributed by atoms with Gasteiger partial charge in [0.2, 0.25) is 0 Å². The van der Waals surface area contributed by atoms with Gasteiger partial charge in [-0.05, 0) is 25.2 Å². The highest BCUT2D eigenvalue weighted by atomic mass is 16.1. The Morgan fingerprint density at radius 1 is 1.20 bits per heavy atom. The van der Waals surface area contributed by atoms with Crippen molar-refractivity contribution in [3.63, 3.8) is 0 Å². The summed E-state index contributed by atoms with van der Waals surface area (Å²) in [5.74, 6) is 1.31. The van der Waals surface area contributed by atoms with Crippen LogP contribution in [0.25, 0.3) is 0 Å². The average molecular weight is 208 g/mol. The highest BCUT2D eigenvalue weighted by Gasteiger charge is 2.14. The lowest BCUT2D eigenvalue weighted by Crippen LogP contribution is -2.08. The van der Waals surface area contributed by atoms with E-state index in [1.807, 2.05) is 6.08 Å². The molecule has 1 rings (SSSR count). The fraction of sp³-hybridized carbons (Fsp3) is 0.786. The minimum absolute atomic E-state index is 0.461. The van der Waals surface area contributed by atoms with Crippen molar-refractivity contribution in [2.24, 2.45) is 5.92 Å². The van der Waals surface area contributed by atoms with Gasteiger partial charge in [0.1, 0.15) is 5.78 Å². The standard InChI is InChI=1S/C14H24O/c1-2-3-5-10-14(15)12-11-13-8-6-4-7-9-13/h2,13H,1,3-12H2. The second-order valence-electron chi connectivity index (χ2n) is 4.76. The van der Waals surface area contributed by atoms with Crippen LogP contribution in [-0.2, 0) is 4.79 Å². The maximum absolute atomic E-state index is 11.5. The fourth-order valence-corrected chi connectivity index (χ4v) is 2.41. The van der Waals surface area contributed by atoms with Crippen molar-refractivity contribution < 1.29 is 4.79 Å². The first-order valence-corrected chi connectivity index (χ1v) is 6.45. The van der Waals surface area contributed by atoms with Crippen molar-refractivity contribution in [1.29, 1.82) is 0 Å². The van der Waals surface area contributed by atoms with E-state index in [1.54, 1.807) is 0 Å². The van der Waals surface area contributed by atoms with Crippen LogP contribution in [0, 0.1) is 5.92 Å². The molecule has 1 nitrogen and oxygen atoms in total. The number of hydrogen-bond acceptors (Lipinski definition) is 1. The molecule has 0 aromatic rings. The Kier molecular flexibility index (Phi) is 6.38. The van der Waals surface area contributed by atoms with E-state index in [9.17, 15) is 4.79 Å². The molecule has 0 saturated heterocycles. The molecule has 0 bridgehead atoms. The van der Waals surface area contributed by atoms with E-state index in [0.717, 1.165) is 38.0 Å². The van der Waals surface area contributed by atoms with Crippen molar-refractivity contribution in [3.05, 3.63) is 12.7 Å². The smallest absolute Gasteiger partial charge is 0.132 e. The minimum atomic E-state index is 0.461. The van der Waals surface area contributed by atoms with E-state index in [0.29, 0.717) is 5.78 Å². The van der Waals surface area contributed by atoms with Crippen LogP contribution < -0.4 is 0 Å². The van der Waals surface area contributed by atoms with Crippen LogP contribution in [0.2, 0.25) is 0 Å². The van der Waals surface area contributed by atoms with Crippen molar-refractivity contribution in [1.82, 2.24) is 0 Å². The summed E-state index contributed by atoms with van der Waals surface area (Å²) in [7, 11) is 0. The molecule has 0 aliphatic heterocycles. The van der Waals surface area contributed by atoms with E-state index in [2.05, 4.69) is 6.58 Å². The highest BCUT2D eigenvalue weighted by Crippen LogP contribution is 2.27. The van der Waals surface area contributed by atoms with E-state index < -0.39 is 0 Å². The van der Waals surface area contributed by atoms with E-state index in [1.165, 1.54) is 32.1 Å². The summed E-state index contributed by atoms with van der Waals surface area (Å²) in [6.45, 7) is 3.67. The Balaban J connectivity index is 2.02. The summed E-state index contributed by atoms with van der Waals surface area (Å²) in [5.41, 5.74) is 0. The van der Waals surface area contributed by atoms with Gasteiger partial charge in [0, 0.05) is 12.8 Å². The maximum Gasteiger partial charge on any atom is 0.132 e. The molecular weight excluding hydrogens is 184 g/mol.